The van der Waals surface area contributed by atoms with Crippen molar-refractivity contribution in [3.8, 4) is 0 Å². The Morgan fingerprint density at radius 3 is 2.82 bits per heavy atom. The molecular weight excluding hydrogens is 218 g/mol. The molecule has 0 radical (unpaired) electrons. The van der Waals surface area contributed by atoms with Gasteiger partial charge in [-0.15, -0.1) is 5.10 Å². The average Bonchev–Trinajstić information content (AvgIpc) is 2.96. The first-order valence-corrected chi connectivity index (χ1v) is 5.84. The lowest BCUT2D eigenvalue weighted by Gasteiger charge is -2.09. The maximum Gasteiger partial charge on any atom is 0.335 e. The maximum absolute atomic E-state index is 10.9. The van der Waals surface area contributed by atoms with E-state index in [1.165, 1.54) is 12.8 Å². The summed E-state index contributed by atoms with van der Waals surface area (Å²) >= 11 is 0. The number of aromatic nitrogens is 3. The molecule has 3 rings (SSSR count). The van der Waals surface area contributed by atoms with E-state index in [9.17, 15) is 4.79 Å². The van der Waals surface area contributed by atoms with Crippen LogP contribution in [0.15, 0.2) is 18.2 Å². The van der Waals surface area contributed by atoms with Gasteiger partial charge in [-0.25, -0.2) is 9.48 Å². The van der Waals surface area contributed by atoms with Crippen molar-refractivity contribution >= 4 is 17.0 Å². The minimum atomic E-state index is -0.911. The van der Waals surface area contributed by atoms with E-state index in [4.69, 9.17) is 5.11 Å². The SMILES string of the molecule is O=C(O)c1ccc2nnn(C3CCCC3)c2c1. The van der Waals surface area contributed by atoms with Crippen molar-refractivity contribution in [2.45, 2.75) is 31.7 Å². The fourth-order valence-corrected chi connectivity index (χ4v) is 2.49. The molecule has 2 aromatic rings. The summed E-state index contributed by atoms with van der Waals surface area (Å²) in [6, 6.07) is 5.33. The van der Waals surface area contributed by atoms with Gasteiger partial charge in [-0.3, -0.25) is 0 Å². The number of benzene rings is 1. The molecule has 1 fully saturated rings. The van der Waals surface area contributed by atoms with Gasteiger partial charge in [-0.05, 0) is 31.0 Å². The molecule has 1 saturated carbocycles. The summed E-state index contributed by atoms with van der Waals surface area (Å²) in [5, 5.41) is 17.2. The highest BCUT2D eigenvalue weighted by atomic mass is 16.4. The van der Waals surface area contributed by atoms with Crippen LogP contribution in [-0.4, -0.2) is 26.1 Å². The summed E-state index contributed by atoms with van der Waals surface area (Å²) < 4.78 is 1.88. The van der Waals surface area contributed by atoms with Crippen molar-refractivity contribution in [3.05, 3.63) is 23.8 Å². The molecule has 0 amide bonds. The molecule has 17 heavy (non-hydrogen) atoms. The highest BCUT2D eigenvalue weighted by molar-refractivity contribution is 5.92. The van der Waals surface area contributed by atoms with E-state index in [1.807, 2.05) is 4.68 Å². The van der Waals surface area contributed by atoms with E-state index in [2.05, 4.69) is 10.3 Å². The molecule has 1 aliphatic rings. The number of hydrogen-bond acceptors (Lipinski definition) is 3. The van der Waals surface area contributed by atoms with E-state index in [0.29, 0.717) is 11.6 Å². The number of nitrogens with zero attached hydrogens (tertiary/aromatic N) is 3. The molecule has 0 atom stereocenters. The number of aromatic carboxylic acids is 1. The summed E-state index contributed by atoms with van der Waals surface area (Å²) in [4.78, 5) is 10.9. The molecule has 0 spiro atoms. The zero-order valence-electron chi connectivity index (χ0n) is 9.33. The predicted octanol–water partition coefficient (Wildman–Crippen LogP) is 2.24. The lowest BCUT2D eigenvalue weighted by atomic mass is 10.2. The van der Waals surface area contributed by atoms with Crippen molar-refractivity contribution in [1.82, 2.24) is 15.0 Å². The molecule has 5 nitrogen and oxygen atoms in total. The Bertz CT molecular complexity index is 570. The number of carbonyl (C=O) groups is 1. The van der Waals surface area contributed by atoms with Gasteiger partial charge < -0.3 is 5.11 Å². The molecule has 88 valence electrons. The van der Waals surface area contributed by atoms with Crippen molar-refractivity contribution < 1.29 is 9.90 Å². The third-order valence-electron chi connectivity index (χ3n) is 3.39. The second kappa shape index (κ2) is 3.84. The van der Waals surface area contributed by atoms with E-state index < -0.39 is 5.97 Å². The number of carboxylic acid groups (broad SMARTS) is 1. The van der Waals surface area contributed by atoms with Gasteiger partial charge in [0.1, 0.15) is 5.52 Å². The van der Waals surface area contributed by atoms with Crippen LogP contribution in [0.2, 0.25) is 0 Å². The van der Waals surface area contributed by atoms with Crippen LogP contribution in [0.25, 0.3) is 11.0 Å². The van der Waals surface area contributed by atoms with E-state index in [-0.39, 0.29) is 0 Å². The Balaban J connectivity index is 2.11. The monoisotopic (exact) mass is 231 g/mol. The van der Waals surface area contributed by atoms with Crippen LogP contribution in [0, 0.1) is 0 Å². The van der Waals surface area contributed by atoms with Gasteiger partial charge in [-0.2, -0.15) is 0 Å². The van der Waals surface area contributed by atoms with E-state index >= 15 is 0 Å². The van der Waals surface area contributed by atoms with Crippen molar-refractivity contribution in [1.29, 1.82) is 0 Å². The molecule has 1 aromatic carbocycles. The minimum Gasteiger partial charge on any atom is -0.478 e. The largest absolute Gasteiger partial charge is 0.478 e. The standard InChI is InChI=1S/C12H13N3O2/c16-12(17)8-5-6-10-11(7-8)15(14-13-10)9-3-1-2-4-9/h5-7,9H,1-4H2,(H,16,17). The highest BCUT2D eigenvalue weighted by Crippen LogP contribution is 2.31. The minimum absolute atomic E-state index is 0.291. The Hall–Kier alpha value is -1.91. The topological polar surface area (TPSA) is 68.0 Å². The van der Waals surface area contributed by atoms with Gasteiger partial charge in [0, 0.05) is 0 Å². The van der Waals surface area contributed by atoms with Crippen LogP contribution in [0.5, 0.6) is 0 Å². The second-order valence-corrected chi connectivity index (χ2v) is 4.48. The first kappa shape index (κ1) is 10.3. The van der Waals surface area contributed by atoms with Crippen LogP contribution in [0.3, 0.4) is 0 Å². The smallest absolute Gasteiger partial charge is 0.335 e. The molecule has 1 aromatic heterocycles. The second-order valence-electron chi connectivity index (χ2n) is 4.48. The van der Waals surface area contributed by atoms with Crippen LogP contribution in [0.1, 0.15) is 42.1 Å². The Morgan fingerprint density at radius 1 is 1.35 bits per heavy atom. The lowest BCUT2D eigenvalue weighted by molar-refractivity contribution is 0.0697. The molecule has 1 N–H and O–H groups in total. The molecule has 0 saturated heterocycles. The fraction of sp³-hybridized carbons (Fsp3) is 0.417. The average molecular weight is 231 g/mol. The molecule has 0 unspecified atom stereocenters. The quantitative estimate of drug-likeness (QED) is 0.860. The zero-order chi connectivity index (χ0) is 11.8. The third-order valence-corrected chi connectivity index (χ3v) is 3.39. The molecular formula is C12H13N3O2. The Morgan fingerprint density at radius 2 is 2.12 bits per heavy atom. The Labute approximate surface area is 98.0 Å². The summed E-state index contributed by atoms with van der Waals surface area (Å²) in [7, 11) is 0. The van der Waals surface area contributed by atoms with Gasteiger partial charge in [0.25, 0.3) is 0 Å². The number of hydrogen-bond donors (Lipinski definition) is 1. The van der Waals surface area contributed by atoms with E-state index in [0.717, 1.165) is 23.9 Å². The van der Waals surface area contributed by atoms with Crippen molar-refractivity contribution in [2.75, 3.05) is 0 Å². The zero-order valence-corrected chi connectivity index (χ0v) is 9.33. The van der Waals surface area contributed by atoms with Crippen molar-refractivity contribution in [3.63, 3.8) is 0 Å². The molecule has 1 aliphatic carbocycles. The summed E-state index contributed by atoms with van der Waals surface area (Å²) in [5.41, 5.74) is 1.89. The summed E-state index contributed by atoms with van der Waals surface area (Å²) in [6.07, 6.45) is 4.64. The first-order chi connectivity index (χ1) is 8.25. The van der Waals surface area contributed by atoms with Gasteiger partial charge in [0.2, 0.25) is 0 Å². The summed E-state index contributed by atoms with van der Waals surface area (Å²) in [5.74, 6) is -0.911. The molecule has 0 bridgehead atoms. The molecule has 1 heterocycles. The lowest BCUT2D eigenvalue weighted by Crippen LogP contribution is -2.07. The predicted molar refractivity (Wildman–Crippen MR) is 62.0 cm³/mol. The maximum atomic E-state index is 10.9. The van der Waals surface area contributed by atoms with E-state index in [1.54, 1.807) is 18.2 Å². The van der Waals surface area contributed by atoms with Crippen LogP contribution >= 0.6 is 0 Å². The third kappa shape index (κ3) is 1.67. The number of carboxylic acids is 1. The number of rotatable bonds is 2. The van der Waals surface area contributed by atoms with Gasteiger partial charge in [-0.1, -0.05) is 18.1 Å². The number of fused-ring (bicyclic) bond motifs is 1. The van der Waals surface area contributed by atoms with Gasteiger partial charge in [0.15, 0.2) is 0 Å². The van der Waals surface area contributed by atoms with Gasteiger partial charge in [0.05, 0.1) is 17.1 Å². The molecule has 5 heteroatoms. The Kier molecular flexibility index (Phi) is 2.31. The fourth-order valence-electron chi connectivity index (χ4n) is 2.49. The first-order valence-electron chi connectivity index (χ1n) is 5.84. The summed E-state index contributed by atoms with van der Waals surface area (Å²) in [6.45, 7) is 0. The highest BCUT2D eigenvalue weighted by Gasteiger charge is 2.20. The van der Waals surface area contributed by atoms with Gasteiger partial charge >= 0.3 is 5.97 Å². The van der Waals surface area contributed by atoms with Crippen LogP contribution < -0.4 is 0 Å². The van der Waals surface area contributed by atoms with Crippen molar-refractivity contribution in [2.24, 2.45) is 0 Å². The normalized spacial score (nSPS) is 16.7. The van der Waals surface area contributed by atoms with Crippen LogP contribution in [-0.2, 0) is 0 Å². The van der Waals surface area contributed by atoms with Crippen LogP contribution in [0.4, 0.5) is 0 Å². The molecule has 0 aliphatic heterocycles.